The van der Waals surface area contributed by atoms with Gasteiger partial charge in [-0.3, -0.25) is 0 Å². The number of benzene rings is 8. The molecule has 0 radical (unpaired) electrons. The monoisotopic (exact) mass is 660 g/mol. The van der Waals surface area contributed by atoms with E-state index in [1.54, 1.807) is 0 Å². The van der Waals surface area contributed by atoms with E-state index < -0.39 is 31.3 Å². The molecule has 0 saturated heterocycles. The second-order valence-corrected chi connectivity index (χ2v) is 16.1. The Labute approximate surface area is 282 Å². The molecule has 0 spiro atoms. The van der Waals surface area contributed by atoms with Gasteiger partial charge in [-0.2, -0.15) is 0 Å². The van der Waals surface area contributed by atoms with Crippen LogP contribution in [0.5, 0.6) is 0 Å². The van der Waals surface area contributed by atoms with E-state index >= 15 is 17.6 Å². The maximum Gasteiger partial charge on any atom is 0.180 e. The zero-order valence-electron chi connectivity index (χ0n) is 26.2. The van der Waals surface area contributed by atoms with Crippen molar-refractivity contribution in [1.82, 2.24) is 0 Å². The van der Waals surface area contributed by atoms with Gasteiger partial charge in [-0.1, -0.05) is 133 Å². The van der Waals surface area contributed by atoms with Crippen molar-refractivity contribution in [3.8, 4) is 22.3 Å². The van der Waals surface area contributed by atoms with Crippen molar-refractivity contribution >= 4 is 50.4 Å². The Bertz CT molecular complexity index is 2260. The minimum atomic E-state index is -3.74. The van der Waals surface area contributed by atoms with Gasteiger partial charge in [0.05, 0.1) is 0 Å². The van der Waals surface area contributed by atoms with Crippen LogP contribution in [0.4, 0.5) is 17.6 Å². The summed E-state index contributed by atoms with van der Waals surface area (Å²) in [6.45, 7) is 0. The average Bonchev–Trinajstić information content (AvgIpc) is 3.11. The van der Waals surface area contributed by atoms with E-state index in [0.717, 1.165) is 66.3 Å². The van der Waals surface area contributed by atoms with E-state index in [1.807, 2.05) is 84.9 Å². The van der Waals surface area contributed by atoms with Crippen molar-refractivity contribution in [2.24, 2.45) is 0 Å². The van der Waals surface area contributed by atoms with Crippen LogP contribution in [0.25, 0.3) is 43.8 Å². The molecule has 5 heteroatoms. The molecule has 8 aromatic rings. The largest absolute Gasteiger partial charge is 0.207 e. The summed E-state index contributed by atoms with van der Waals surface area (Å²) in [5, 5.41) is 6.51. The second kappa shape index (κ2) is 12.3. The maximum absolute atomic E-state index is 15.2. The Morgan fingerprint density at radius 1 is 0.306 bits per heavy atom. The van der Waals surface area contributed by atoms with Crippen LogP contribution in [-0.2, 0) is 0 Å². The van der Waals surface area contributed by atoms with E-state index in [4.69, 9.17) is 0 Å². The fraction of sp³-hybridized carbons (Fsp3) is 0. The van der Waals surface area contributed by atoms with Gasteiger partial charge in [0.2, 0.25) is 0 Å². The molecule has 8 aromatic carbocycles. The van der Waals surface area contributed by atoms with E-state index in [0.29, 0.717) is 10.4 Å². The van der Waals surface area contributed by atoms with Crippen LogP contribution in [0, 0.1) is 23.3 Å². The molecule has 0 aromatic heterocycles. The van der Waals surface area contributed by atoms with Crippen LogP contribution < -0.4 is 20.7 Å². The summed E-state index contributed by atoms with van der Waals surface area (Å²) in [4.78, 5) is 0. The molecule has 0 aliphatic rings. The summed E-state index contributed by atoms with van der Waals surface area (Å²) in [6, 6.07) is 51.0. The number of hydrogen-bond acceptors (Lipinski definition) is 0. The smallest absolute Gasteiger partial charge is 0.180 e. The molecular weight excluding hydrogens is 633 g/mol. The maximum atomic E-state index is 15.2. The van der Waals surface area contributed by atoms with Crippen LogP contribution in [0.2, 0.25) is 0 Å². The highest BCUT2D eigenvalue weighted by Gasteiger charge is 2.43. The molecule has 0 nitrogen and oxygen atoms in total. The van der Waals surface area contributed by atoms with Gasteiger partial charge in [0, 0.05) is 12.1 Å². The molecule has 0 fully saturated rings. The molecular formula is C44H28F4Si. The average molecular weight is 661 g/mol. The quantitative estimate of drug-likeness (QED) is 0.0948. The summed E-state index contributed by atoms with van der Waals surface area (Å²) in [5.74, 6) is -3.04. The van der Waals surface area contributed by atoms with Crippen LogP contribution in [0.3, 0.4) is 0 Å². The standard InChI is InChI=1S/C44H28F4Si/c45-33-23-34(46)26-39(25-33)49(40-27-35(47)24-36(48)28-40,37-19-15-31(16-20-37)43-13-5-9-29-7-1-3-11-41(29)43)38-21-17-32(18-22-38)44-14-6-10-30-8-2-4-12-42(30)44/h1-28H. The molecule has 0 saturated carbocycles. The number of rotatable bonds is 6. The SMILES string of the molecule is Fc1cc(F)cc([Si](c2ccc(-c3cccc4ccccc34)cc2)(c2ccc(-c3cccc4ccccc34)cc2)c2cc(F)cc(F)c2)c1. The lowest BCUT2D eigenvalue weighted by Gasteiger charge is -2.35. The fourth-order valence-electron chi connectivity index (χ4n) is 7.29. The summed E-state index contributed by atoms with van der Waals surface area (Å²) >= 11 is 0. The first-order chi connectivity index (χ1) is 23.9. The lowest BCUT2D eigenvalue weighted by atomic mass is 9.98. The van der Waals surface area contributed by atoms with Crippen molar-refractivity contribution in [3.63, 3.8) is 0 Å². The van der Waals surface area contributed by atoms with Crippen LogP contribution >= 0.6 is 0 Å². The topological polar surface area (TPSA) is 0 Å². The van der Waals surface area contributed by atoms with Crippen molar-refractivity contribution in [3.05, 3.63) is 193 Å². The molecule has 0 unspecified atom stereocenters. The lowest BCUT2D eigenvalue weighted by molar-refractivity contribution is 0.585. The van der Waals surface area contributed by atoms with Gasteiger partial charge < -0.3 is 0 Å². The first-order valence-corrected chi connectivity index (χ1v) is 18.0. The molecule has 236 valence electrons. The third-order valence-corrected chi connectivity index (χ3v) is 14.1. The van der Waals surface area contributed by atoms with Gasteiger partial charge in [-0.25, -0.2) is 17.6 Å². The van der Waals surface area contributed by atoms with Crippen molar-refractivity contribution in [2.45, 2.75) is 0 Å². The molecule has 0 amide bonds. The third kappa shape index (κ3) is 5.42. The van der Waals surface area contributed by atoms with Crippen LogP contribution in [0.15, 0.2) is 170 Å². The molecule has 0 aliphatic heterocycles. The number of hydrogen-bond donors (Lipinski definition) is 0. The zero-order valence-corrected chi connectivity index (χ0v) is 27.2. The Hall–Kier alpha value is -5.78. The highest BCUT2D eigenvalue weighted by Crippen LogP contribution is 2.30. The first kappa shape index (κ1) is 30.5. The minimum absolute atomic E-state index is 0.339. The first-order valence-electron chi connectivity index (χ1n) is 16.0. The summed E-state index contributed by atoms with van der Waals surface area (Å²) < 4.78 is 60.7. The van der Waals surface area contributed by atoms with Crippen LogP contribution in [-0.4, -0.2) is 8.07 Å². The predicted octanol–water partition coefficient (Wildman–Crippen LogP) is 9.26. The van der Waals surface area contributed by atoms with E-state index in [9.17, 15) is 0 Å². The van der Waals surface area contributed by atoms with Gasteiger partial charge in [0.1, 0.15) is 23.3 Å². The molecule has 0 N–H and O–H groups in total. The zero-order chi connectivity index (χ0) is 33.5. The predicted molar refractivity (Wildman–Crippen MR) is 196 cm³/mol. The summed E-state index contributed by atoms with van der Waals surface area (Å²) in [6.07, 6.45) is 0. The fourth-order valence-corrected chi connectivity index (χ4v) is 12.0. The van der Waals surface area contributed by atoms with Crippen molar-refractivity contribution in [1.29, 1.82) is 0 Å². The summed E-state index contributed by atoms with van der Waals surface area (Å²) in [5.41, 5.74) is 3.96. The Balaban J connectivity index is 1.38. The molecule has 0 atom stereocenters. The van der Waals surface area contributed by atoms with E-state index in [1.165, 1.54) is 24.3 Å². The highest BCUT2D eigenvalue weighted by atomic mass is 28.3. The highest BCUT2D eigenvalue weighted by molar-refractivity contribution is 7.19. The molecule has 49 heavy (non-hydrogen) atoms. The van der Waals surface area contributed by atoms with E-state index in [-0.39, 0.29) is 0 Å². The van der Waals surface area contributed by atoms with Crippen LogP contribution in [0.1, 0.15) is 0 Å². The molecule has 0 bridgehead atoms. The molecule has 0 aliphatic carbocycles. The molecule has 0 heterocycles. The number of fused-ring (bicyclic) bond motifs is 2. The normalized spacial score (nSPS) is 11.7. The Kier molecular flexibility index (Phi) is 7.70. The second-order valence-electron chi connectivity index (χ2n) is 12.3. The number of halogens is 4. The van der Waals surface area contributed by atoms with E-state index in [2.05, 4.69) is 48.5 Å². The lowest BCUT2D eigenvalue weighted by Crippen LogP contribution is -2.75. The Morgan fingerprint density at radius 3 is 1.04 bits per heavy atom. The van der Waals surface area contributed by atoms with Gasteiger partial charge in [0.25, 0.3) is 0 Å². The molecule has 8 rings (SSSR count). The van der Waals surface area contributed by atoms with Gasteiger partial charge in [-0.05, 0) is 88.8 Å². The van der Waals surface area contributed by atoms with Gasteiger partial charge in [-0.15, -0.1) is 0 Å². The Morgan fingerprint density at radius 2 is 0.653 bits per heavy atom. The summed E-state index contributed by atoms with van der Waals surface area (Å²) in [7, 11) is -3.74. The van der Waals surface area contributed by atoms with Crippen molar-refractivity contribution < 1.29 is 17.6 Å². The van der Waals surface area contributed by atoms with Gasteiger partial charge in [0.15, 0.2) is 8.07 Å². The van der Waals surface area contributed by atoms with Crippen molar-refractivity contribution in [2.75, 3.05) is 0 Å². The van der Waals surface area contributed by atoms with Gasteiger partial charge >= 0.3 is 0 Å². The third-order valence-electron chi connectivity index (χ3n) is 9.43. The minimum Gasteiger partial charge on any atom is -0.207 e.